The van der Waals surface area contributed by atoms with E-state index in [0.29, 0.717) is 6.04 Å². The first-order valence-electron chi connectivity index (χ1n) is 11.4. The Bertz CT molecular complexity index is 935. The molecule has 0 radical (unpaired) electrons. The lowest BCUT2D eigenvalue weighted by molar-refractivity contribution is -0.226. The summed E-state index contributed by atoms with van der Waals surface area (Å²) in [6.45, 7) is 2.07. The van der Waals surface area contributed by atoms with Gasteiger partial charge in [-0.25, -0.2) is 0 Å². The molecule has 0 unspecified atom stereocenters. The van der Waals surface area contributed by atoms with Crippen molar-refractivity contribution in [3.8, 4) is 11.5 Å². The van der Waals surface area contributed by atoms with E-state index in [1.54, 1.807) is 21.3 Å². The molecule has 5 heteroatoms. The van der Waals surface area contributed by atoms with Gasteiger partial charge in [0.1, 0.15) is 0 Å². The lowest BCUT2D eigenvalue weighted by Crippen LogP contribution is -2.48. The van der Waals surface area contributed by atoms with Crippen LogP contribution in [0.2, 0.25) is 0 Å². The Balaban J connectivity index is 1.32. The number of methoxy groups -OCH3 is 3. The Labute approximate surface area is 185 Å². The van der Waals surface area contributed by atoms with Crippen LogP contribution in [0.15, 0.2) is 36.4 Å². The van der Waals surface area contributed by atoms with Gasteiger partial charge in [0.25, 0.3) is 0 Å². The Morgan fingerprint density at radius 3 is 2.35 bits per heavy atom. The first kappa shape index (κ1) is 20.8. The van der Waals surface area contributed by atoms with E-state index in [1.807, 2.05) is 0 Å². The van der Waals surface area contributed by atoms with E-state index in [9.17, 15) is 0 Å². The summed E-state index contributed by atoms with van der Waals surface area (Å²) in [5.74, 6) is 1.65. The van der Waals surface area contributed by atoms with Gasteiger partial charge < -0.3 is 18.9 Å². The zero-order valence-corrected chi connectivity index (χ0v) is 18.9. The van der Waals surface area contributed by atoms with Gasteiger partial charge in [-0.3, -0.25) is 4.90 Å². The van der Waals surface area contributed by atoms with Gasteiger partial charge in [0.15, 0.2) is 17.8 Å². The highest BCUT2D eigenvalue weighted by Gasteiger charge is 2.45. The van der Waals surface area contributed by atoms with Crippen molar-refractivity contribution in [2.45, 2.75) is 63.0 Å². The summed E-state index contributed by atoms with van der Waals surface area (Å²) in [4.78, 5) is 2.66. The fourth-order valence-corrected chi connectivity index (χ4v) is 5.85. The second kappa shape index (κ2) is 8.45. The zero-order valence-electron chi connectivity index (χ0n) is 18.9. The average molecular weight is 424 g/mol. The van der Waals surface area contributed by atoms with Crippen molar-refractivity contribution >= 4 is 0 Å². The van der Waals surface area contributed by atoms with Crippen molar-refractivity contribution in [3.05, 3.63) is 58.7 Å². The van der Waals surface area contributed by atoms with Crippen LogP contribution in [0, 0.1) is 0 Å². The van der Waals surface area contributed by atoms with Crippen LogP contribution in [0.25, 0.3) is 0 Å². The fraction of sp³-hybridized carbons (Fsp3) is 0.538. The molecule has 5 nitrogen and oxygen atoms in total. The Kier molecular flexibility index (Phi) is 5.67. The summed E-state index contributed by atoms with van der Waals surface area (Å²) in [5, 5.41) is 0. The van der Waals surface area contributed by atoms with E-state index in [-0.39, 0.29) is 11.9 Å². The molecule has 1 atom stereocenters. The summed E-state index contributed by atoms with van der Waals surface area (Å²) in [6, 6.07) is 13.7. The molecule has 0 bridgehead atoms. The van der Waals surface area contributed by atoms with E-state index in [2.05, 4.69) is 41.3 Å². The first-order chi connectivity index (χ1) is 15.2. The summed E-state index contributed by atoms with van der Waals surface area (Å²) >= 11 is 0. The van der Waals surface area contributed by atoms with Crippen molar-refractivity contribution in [3.63, 3.8) is 0 Å². The second-order valence-electron chi connectivity index (χ2n) is 9.07. The normalized spacial score (nSPS) is 28.1. The van der Waals surface area contributed by atoms with Gasteiger partial charge in [0.2, 0.25) is 0 Å². The van der Waals surface area contributed by atoms with Gasteiger partial charge in [-0.15, -0.1) is 0 Å². The zero-order chi connectivity index (χ0) is 21.4. The van der Waals surface area contributed by atoms with E-state index < -0.39 is 0 Å². The minimum absolute atomic E-state index is 0.143. The lowest BCUT2D eigenvalue weighted by Gasteiger charge is -2.48. The van der Waals surface area contributed by atoms with Crippen LogP contribution in [0.5, 0.6) is 11.5 Å². The maximum absolute atomic E-state index is 6.57. The number of hydrogen-bond acceptors (Lipinski definition) is 5. The molecule has 1 aliphatic carbocycles. The molecule has 5 rings (SSSR count). The summed E-state index contributed by atoms with van der Waals surface area (Å²) in [7, 11) is 5.17. The van der Waals surface area contributed by atoms with E-state index in [0.717, 1.165) is 63.1 Å². The number of rotatable bonds is 4. The molecule has 3 aliphatic rings. The summed E-state index contributed by atoms with van der Waals surface area (Å²) in [5.41, 5.74) is 5.31. The SMILES string of the molecule is COc1cc2c(cc1OC)CN(C1CCC3(CC1)O[C@@H](OC)Cc1ccccc13)CC2. The Hall–Kier alpha value is -2.08. The van der Waals surface area contributed by atoms with Crippen LogP contribution in [-0.4, -0.2) is 45.1 Å². The van der Waals surface area contributed by atoms with Crippen molar-refractivity contribution in [1.29, 1.82) is 0 Å². The summed E-state index contributed by atoms with van der Waals surface area (Å²) < 4.78 is 23.2. The largest absolute Gasteiger partial charge is 0.493 e. The maximum atomic E-state index is 6.57. The molecule has 2 heterocycles. The lowest BCUT2D eigenvalue weighted by atomic mass is 9.73. The number of benzene rings is 2. The molecule has 0 amide bonds. The highest BCUT2D eigenvalue weighted by atomic mass is 16.7. The van der Waals surface area contributed by atoms with Crippen LogP contribution in [-0.2, 0) is 34.5 Å². The number of nitrogens with zero attached hydrogens (tertiary/aromatic N) is 1. The molecular weight excluding hydrogens is 390 g/mol. The molecule has 1 spiro atoms. The molecule has 2 aliphatic heterocycles. The van der Waals surface area contributed by atoms with Gasteiger partial charge in [-0.2, -0.15) is 0 Å². The van der Waals surface area contributed by atoms with Crippen LogP contribution in [0.3, 0.4) is 0 Å². The molecule has 2 aromatic rings. The van der Waals surface area contributed by atoms with Crippen molar-refractivity contribution in [2.75, 3.05) is 27.9 Å². The molecule has 0 aromatic heterocycles. The highest BCUT2D eigenvalue weighted by Crippen LogP contribution is 2.47. The smallest absolute Gasteiger partial charge is 0.162 e. The molecule has 166 valence electrons. The highest BCUT2D eigenvalue weighted by molar-refractivity contribution is 5.48. The Morgan fingerprint density at radius 1 is 0.935 bits per heavy atom. The number of hydrogen-bond donors (Lipinski definition) is 0. The van der Waals surface area contributed by atoms with Crippen LogP contribution >= 0.6 is 0 Å². The van der Waals surface area contributed by atoms with Gasteiger partial charge in [0.05, 0.1) is 19.8 Å². The van der Waals surface area contributed by atoms with Crippen LogP contribution in [0.1, 0.15) is 47.9 Å². The number of ether oxygens (including phenoxy) is 4. The van der Waals surface area contributed by atoms with Gasteiger partial charge >= 0.3 is 0 Å². The van der Waals surface area contributed by atoms with Gasteiger partial charge in [0, 0.05) is 32.7 Å². The second-order valence-corrected chi connectivity index (χ2v) is 9.07. The van der Waals surface area contributed by atoms with Crippen LogP contribution in [0.4, 0.5) is 0 Å². The minimum atomic E-state index is -0.198. The third-order valence-electron chi connectivity index (χ3n) is 7.54. The predicted octanol–water partition coefficient (Wildman–Crippen LogP) is 4.45. The topological polar surface area (TPSA) is 40.2 Å². The fourth-order valence-electron chi connectivity index (χ4n) is 5.85. The van der Waals surface area contributed by atoms with E-state index in [1.165, 1.54) is 22.3 Å². The maximum Gasteiger partial charge on any atom is 0.162 e. The third kappa shape index (κ3) is 3.73. The molecule has 0 N–H and O–H groups in total. The minimum Gasteiger partial charge on any atom is -0.493 e. The molecule has 0 saturated heterocycles. The van der Waals surface area contributed by atoms with E-state index >= 15 is 0 Å². The summed E-state index contributed by atoms with van der Waals surface area (Å²) in [6.07, 6.45) is 6.14. The molecule has 1 fully saturated rings. The number of fused-ring (bicyclic) bond motifs is 3. The van der Waals surface area contributed by atoms with E-state index in [4.69, 9.17) is 18.9 Å². The third-order valence-corrected chi connectivity index (χ3v) is 7.54. The predicted molar refractivity (Wildman–Crippen MR) is 120 cm³/mol. The monoisotopic (exact) mass is 423 g/mol. The standard InChI is InChI=1S/C26H33NO4/c1-28-23-14-18-10-13-27(17-20(18)15-24(23)29-2)21-8-11-26(12-9-21)22-7-5-4-6-19(22)16-25(30-3)31-26/h4-7,14-15,21,25H,8-13,16-17H2,1-3H3/t21?,25-,26?/m1/s1. The van der Waals surface area contributed by atoms with Gasteiger partial charge in [-0.1, -0.05) is 24.3 Å². The molecule has 2 aromatic carbocycles. The molecule has 31 heavy (non-hydrogen) atoms. The van der Waals surface area contributed by atoms with Crippen molar-refractivity contribution in [2.24, 2.45) is 0 Å². The van der Waals surface area contributed by atoms with Crippen molar-refractivity contribution < 1.29 is 18.9 Å². The molecule has 1 saturated carbocycles. The molecular formula is C26H33NO4. The quantitative estimate of drug-likeness (QED) is 0.727. The van der Waals surface area contributed by atoms with Gasteiger partial charge in [-0.05, 0) is 66.5 Å². The van der Waals surface area contributed by atoms with Crippen LogP contribution < -0.4 is 9.47 Å². The van der Waals surface area contributed by atoms with Crippen molar-refractivity contribution in [1.82, 2.24) is 4.90 Å². The Morgan fingerprint density at radius 2 is 1.65 bits per heavy atom. The first-order valence-corrected chi connectivity index (χ1v) is 11.4. The average Bonchev–Trinajstić information content (AvgIpc) is 2.83.